The SMILES string of the molecule is CC(C)(C)OC(=O)O[C@H]1[C@H](F)[C@H](n2cnc3c(N(C(=O)OCc4ccccc4)C(C)(C)C)nc(Cl)nc32)O[C@@H]1CO. The minimum Gasteiger partial charge on any atom is -0.444 e. The molecule has 3 aromatic rings. The fourth-order valence-corrected chi connectivity index (χ4v) is 4.43. The van der Waals surface area contributed by atoms with E-state index in [9.17, 15) is 14.7 Å². The first-order valence-corrected chi connectivity index (χ1v) is 13.3. The van der Waals surface area contributed by atoms with Gasteiger partial charge in [-0.1, -0.05) is 30.3 Å². The van der Waals surface area contributed by atoms with Gasteiger partial charge in [-0.2, -0.15) is 9.97 Å². The third-order valence-corrected chi connectivity index (χ3v) is 6.16. The predicted molar refractivity (Wildman–Crippen MR) is 146 cm³/mol. The summed E-state index contributed by atoms with van der Waals surface area (Å²) in [6, 6.07) is 9.17. The number of aromatic nitrogens is 4. The van der Waals surface area contributed by atoms with Crippen molar-refractivity contribution < 1.29 is 38.0 Å². The summed E-state index contributed by atoms with van der Waals surface area (Å²) in [6.07, 6.45) is -6.59. The number of carbonyl (C=O) groups is 2. The molecule has 1 aliphatic heterocycles. The number of carbonyl (C=O) groups excluding carboxylic acids is 2. The van der Waals surface area contributed by atoms with Gasteiger partial charge in [-0.15, -0.1) is 0 Å². The fourth-order valence-electron chi connectivity index (χ4n) is 4.27. The van der Waals surface area contributed by atoms with Gasteiger partial charge in [-0.25, -0.2) is 19.0 Å². The number of amides is 1. The van der Waals surface area contributed by atoms with Crippen molar-refractivity contribution in [3.63, 3.8) is 0 Å². The quantitative estimate of drug-likeness (QED) is 0.308. The Bertz CT molecular complexity index is 1390. The van der Waals surface area contributed by atoms with Crippen LogP contribution in [0.25, 0.3) is 11.2 Å². The van der Waals surface area contributed by atoms with Gasteiger partial charge >= 0.3 is 12.2 Å². The molecule has 41 heavy (non-hydrogen) atoms. The van der Waals surface area contributed by atoms with E-state index in [4.69, 9.17) is 30.5 Å². The first-order valence-electron chi connectivity index (χ1n) is 12.9. The van der Waals surface area contributed by atoms with Crippen molar-refractivity contribution in [1.29, 1.82) is 0 Å². The Morgan fingerprint density at radius 2 is 1.83 bits per heavy atom. The zero-order valence-corrected chi connectivity index (χ0v) is 24.3. The molecule has 0 unspecified atom stereocenters. The third kappa shape index (κ3) is 6.85. The van der Waals surface area contributed by atoms with Gasteiger partial charge in [0, 0.05) is 5.54 Å². The Morgan fingerprint density at radius 1 is 1.15 bits per heavy atom. The average Bonchev–Trinajstić information content (AvgIpc) is 3.42. The molecule has 2 aromatic heterocycles. The lowest BCUT2D eigenvalue weighted by Gasteiger charge is -2.33. The van der Waals surface area contributed by atoms with Crippen LogP contribution in [0.1, 0.15) is 53.3 Å². The second kappa shape index (κ2) is 11.7. The maximum atomic E-state index is 15.7. The van der Waals surface area contributed by atoms with Gasteiger partial charge in [0.1, 0.15) is 18.3 Å². The number of fused-ring (bicyclic) bond motifs is 1. The van der Waals surface area contributed by atoms with Crippen LogP contribution < -0.4 is 4.90 Å². The van der Waals surface area contributed by atoms with E-state index < -0.39 is 54.6 Å². The molecule has 0 aliphatic carbocycles. The molecular formula is C27H33ClFN5O7. The number of benzene rings is 1. The van der Waals surface area contributed by atoms with Crippen LogP contribution in [0.5, 0.6) is 0 Å². The van der Waals surface area contributed by atoms with Gasteiger partial charge in [0.25, 0.3) is 0 Å². The van der Waals surface area contributed by atoms with Crippen molar-refractivity contribution in [3.8, 4) is 0 Å². The molecule has 4 atom stereocenters. The molecule has 222 valence electrons. The number of rotatable bonds is 6. The van der Waals surface area contributed by atoms with Crippen molar-refractivity contribution in [2.24, 2.45) is 0 Å². The van der Waals surface area contributed by atoms with Crippen LogP contribution in [0.3, 0.4) is 0 Å². The van der Waals surface area contributed by atoms with Crippen molar-refractivity contribution in [2.75, 3.05) is 11.5 Å². The van der Waals surface area contributed by atoms with Crippen LogP contribution in [0, 0.1) is 0 Å². The molecule has 0 bridgehead atoms. The number of imidazole rings is 1. The van der Waals surface area contributed by atoms with Crippen LogP contribution in [-0.2, 0) is 25.6 Å². The van der Waals surface area contributed by atoms with Crippen molar-refractivity contribution in [3.05, 3.63) is 47.5 Å². The van der Waals surface area contributed by atoms with E-state index in [0.717, 1.165) is 5.56 Å². The van der Waals surface area contributed by atoms with Crippen molar-refractivity contribution >= 4 is 40.8 Å². The summed E-state index contributed by atoms with van der Waals surface area (Å²) in [4.78, 5) is 39.7. The number of alkyl halides is 1. The minimum absolute atomic E-state index is 0.0175. The smallest absolute Gasteiger partial charge is 0.444 e. The van der Waals surface area contributed by atoms with Crippen molar-refractivity contribution in [2.45, 2.75) is 83.9 Å². The largest absolute Gasteiger partial charge is 0.509 e. The molecule has 0 radical (unpaired) electrons. The monoisotopic (exact) mass is 593 g/mol. The number of hydrogen-bond acceptors (Lipinski definition) is 10. The average molecular weight is 594 g/mol. The number of anilines is 1. The number of halogens is 2. The van der Waals surface area contributed by atoms with E-state index in [1.165, 1.54) is 15.8 Å². The summed E-state index contributed by atoms with van der Waals surface area (Å²) in [5.74, 6) is 0.0398. The third-order valence-electron chi connectivity index (χ3n) is 5.99. The van der Waals surface area contributed by atoms with Gasteiger partial charge in [0.2, 0.25) is 5.28 Å². The first-order chi connectivity index (χ1) is 19.2. The summed E-state index contributed by atoms with van der Waals surface area (Å²) in [6.45, 7) is 9.61. The second-order valence-corrected chi connectivity index (χ2v) is 11.8. The molecule has 3 heterocycles. The molecule has 0 saturated carbocycles. The highest BCUT2D eigenvalue weighted by molar-refractivity contribution is 6.28. The first kappa shape index (κ1) is 30.4. The van der Waals surface area contributed by atoms with Gasteiger partial charge < -0.3 is 24.1 Å². The molecule has 1 saturated heterocycles. The number of ether oxygens (including phenoxy) is 4. The number of aliphatic hydroxyl groups excluding tert-OH is 1. The maximum absolute atomic E-state index is 15.7. The lowest BCUT2D eigenvalue weighted by atomic mass is 10.1. The molecule has 14 heteroatoms. The molecule has 1 aliphatic rings. The Morgan fingerprint density at radius 3 is 2.44 bits per heavy atom. The Kier molecular flexibility index (Phi) is 8.71. The Labute approximate surface area is 241 Å². The summed E-state index contributed by atoms with van der Waals surface area (Å²) >= 11 is 6.28. The molecule has 0 spiro atoms. The second-order valence-electron chi connectivity index (χ2n) is 11.4. The van der Waals surface area contributed by atoms with Crippen LogP contribution in [-0.4, -0.2) is 73.0 Å². The van der Waals surface area contributed by atoms with Crippen LogP contribution >= 0.6 is 11.6 Å². The summed E-state index contributed by atoms with van der Waals surface area (Å²) in [5, 5.41) is 9.58. The topological polar surface area (TPSA) is 138 Å². The zero-order valence-electron chi connectivity index (χ0n) is 23.6. The highest BCUT2D eigenvalue weighted by atomic mass is 35.5. The summed E-state index contributed by atoms with van der Waals surface area (Å²) < 4.78 is 38.6. The van der Waals surface area contributed by atoms with Gasteiger partial charge in [0.05, 0.1) is 12.9 Å². The lowest BCUT2D eigenvalue weighted by molar-refractivity contribution is -0.0682. The number of hydrogen-bond donors (Lipinski definition) is 1. The number of aliphatic hydroxyl groups is 1. The van der Waals surface area contributed by atoms with Crippen LogP contribution in [0.15, 0.2) is 36.7 Å². The van der Waals surface area contributed by atoms with E-state index in [0.29, 0.717) is 0 Å². The Balaban J connectivity index is 1.66. The van der Waals surface area contributed by atoms with Crippen molar-refractivity contribution in [1.82, 2.24) is 19.5 Å². The molecule has 12 nitrogen and oxygen atoms in total. The van der Waals surface area contributed by atoms with E-state index >= 15 is 4.39 Å². The van der Waals surface area contributed by atoms with Gasteiger partial charge in [-0.05, 0) is 58.7 Å². The molecule has 4 rings (SSSR count). The van der Waals surface area contributed by atoms with E-state index in [-0.39, 0.29) is 28.9 Å². The van der Waals surface area contributed by atoms with E-state index in [1.807, 2.05) is 30.3 Å². The molecule has 1 fully saturated rings. The standard InChI is InChI=1S/C27H33ClFN5O7/c1-26(2,3)34(24(36)38-13-15-10-8-7-9-11-15)21-18-20(31-23(28)32-21)33(14-30-18)22-17(29)19(16(12-35)39-22)40-25(37)41-27(4,5)6/h7-11,14,16-17,19,22,35H,12-13H2,1-6H3/t16-,17+,19-,22-/m1/s1. The van der Waals surface area contributed by atoms with E-state index in [2.05, 4.69) is 15.0 Å². The van der Waals surface area contributed by atoms with Crippen LogP contribution in [0.4, 0.5) is 19.8 Å². The zero-order chi connectivity index (χ0) is 30.1. The molecular weight excluding hydrogens is 561 g/mol. The lowest BCUT2D eigenvalue weighted by Crippen LogP contribution is -2.47. The minimum atomic E-state index is -1.94. The predicted octanol–water partition coefficient (Wildman–Crippen LogP) is 4.97. The maximum Gasteiger partial charge on any atom is 0.509 e. The highest BCUT2D eigenvalue weighted by Gasteiger charge is 2.49. The summed E-state index contributed by atoms with van der Waals surface area (Å²) in [7, 11) is 0. The number of nitrogens with zero attached hydrogens (tertiary/aromatic N) is 5. The molecule has 1 aromatic carbocycles. The molecule has 1 N–H and O–H groups in total. The normalized spacial score (nSPS) is 21.1. The fraction of sp³-hybridized carbons (Fsp3) is 0.519. The van der Waals surface area contributed by atoms with E-state index in [1.54, 1.807) is 41.5 Å². The Hall–Kier alpha value is -3.55. The molecule has 1 amide bonds. The summed E-state index contributed by atoms with van der Waals surface area (Å²) in [5.41, 5.74) is -0.759. The van der Waals surface area contributed by atoms with Gasteiger partial charge in [0.15, 0.2) is 35.5 Å². The van der Waals surface area contributed by atoms with Crippen LogP contribution in [0.2, 0.25) is 5.28 Å². The highest BCUT2D eigenvalue weighted by Crippen LogP contribution is 2.38. The van der Waals surface area contributed by atoms with Gasteiger partial charge in [-0.3, -0.25) is 9.47 Å².